The molecule has 1 saturated carbocycles. The molecule has 1 aliphatic rings. The summed E-state index contributed by atoms with van der Waals surface area (Å²) in [5, 5.41) is 5.80. The topological polar surface area (TPSA) is 84.5 Å². The number of carbonyl (C=O) groups is 3. The van der Waals surface area contributed by atoms with E-state index in [1.54, 1.807) is 24.3 Å². The van der Waals surface area contributed by atoms with Crippen molar-refractivity contribution in [3.63, 3.8) is 0 Å². The van der Waals surface area contributed by atoms with E-state index in [2.05, 4.69) is 10.6 Å². The number of benzene rings is 2. The second kappa shape index (κ2) is 9.87. The highest BCUT2D eigenvalue weighted by atomic mass is 16.5. The molecule has 2 aromatic carbocycles. The minimum atomic E-state index is -0.440. The first kappa shape index (κ1) is 20.6. The molecule has 0 aromatic heterocycles. The molecule has 1 aliphatic carbocycles. The van der Waals surface area contributed by atoms with Crippen molar-refractivity contribution in [2.75, 3.05) is 5.32 Å². The fraction of sp³-hybridized carbons (Fsp3) is 0.348. The number of rotatable bonds is 7. The summed E-state index contributed by atoms with van der Waals surface area (Å²) in [6, 6.07) is 13.8. The molecule has 2 amide bonds. The van der Waals surface area contributed by atoms with E-state index in [4.69, 9.17) is 4.74 Å². The van der Waals surface area contributed by atoms with Crippen LogP contribution < -0.4 is 15.4 Å². The molecule has 2 N–H and O–H groups in total. The van der Waals surface area contributed by atoms with Gasteiger partial charge in [-0.05, 0) is 54.7 Å². The zero-order valence-corrected chi connectivity index (χ0v) is 16.6. The molecule has 152 valence electrons. The van der Waals surface area contributed by atoms with Crippen molar-refractivity contribution in [1.82, 2.24) is 5.32 Å². The lowest BCUT2D eigenvalue weighted by Gasteiger charge is -2.11. The molecule has 6 heteroatoms. The van der Waals surface area contributed by atoms with Gasteiger partial charge in [0.05, 0.1) is 0 Å². The minimum absolute atomic E-state index is 0.0774. The molecule has 1 fully saturated rings. The van der Waals surface area contributed by atoms with Crippen LogP contribution in [0, 0.1) is 5.92 Å². The summed E-state index contributed by atoms with van der Waals surface area (Å²) >= 11 is 0. The van der Waals surface area contributed by atoms with E-state index >= 15 is 0 Å². The molecule has 0 saturated heterocycles. The van der Waals surface area contributed by atoms with Crippen molar-refractivity contribution in [3.8, 4) is 5.75 Å². The van der Waals surface area contributed by atoms with E-state index in [-0.39, 0.29) is 11.8 Å². The summed E-state index contributed by atoms with van der Waals surface area (Å²) in [4.78, 5) is 35.7. The van der Waals surface area contributed by atoms with Crippen LogP contribution in [0.1, 0.15) is 54.9 Å². The summed E-state index contributed by atoms with van der Waals surface area (Å²) < 4.78 is 5.02. The molecule has 0 unspecified atom stereocenters. The van der Waals surface area contributed by atoms with Crippen molar-refractivity contribution in [2.45, 2.75) is 45.6 Å². The summed E-state index contributed by atoms with van der Waals surface area (Å²) in [5.41, 5.74) is 1.94. The SMILES string of the molecule is CC(=O)Oc1cccc(C(=O)Nc2cccc(CNC(=O)CC3CCCC3)c2)c1. The van der Waals surface area contributed by atoms with E-state index in [0.29, 0.717) is 35.9 Å². The molecule has 3 rings (SSSR count). The van der Waals surface area contributed by atoms with Crippen LogP contribution in [0.5, 0.6) is 5.75 Å². The Kier molecular flexibility index (Phi) is 7.00. The van der Waals surface area contributed by atoms with Crippen LogP contribution in [0.3, 0.4) is 0 Å². The monoisotopic (exact) mass is 394 g/mol. The van der Waals surface area contributed by atoms with Gasteiger partial charge in [-0.3, -0.25) is 14.4 Å². The first-order valence-electron chi connectivity index (χ1n) is 9.95. The lowest BCUT2D eigenvalue weighted by molar-refractivity contribution is -0.131. The van der Waals surface area contributed by atoms with Crippen LogP contribution in [-0.4, -0.2) is 17.8 Å². The van der Waals surface area contributed by atoms with E-state index in [1.807, 2.05) is 18.2 Å². The minimum Gasteiger partial charge on any atom is -0.427 e. The Labute approximate surface area is 170 Å². The maximum atomic E-state index is 12.5. The summed E-state index contributed by atoms with van der Waals surface area (Å²) in [6.07, 6.45) is 5.34. The molecule has 0 bridgehead atoms. The summed E-state index contributed by atoms with van der Waals surface area (Å²) in [6.45, 7) is 1.74. The number of hydrogen-bond acceptors (Lipinski definition) is 4. The Morgan fingerprint density at radius 3 is 2.55 bits per heavy atom. The Hall–Kier alpha value is -3.15. The second-order valence-electron chi connectivity index (χ2n) is 7.41. The van der Waals surface area contributed by atoms with Gasteiger partial charge in [0.1, 0.15) is 5.75 Å². The zero-order valence-electron chi connectivity index (χ0n) is 16.6. The predicted molar refractivity (Wildman–Crippen MR) is 111 cm³/mol. The number of anilines is 1. The maximum absolute atomic E-state index is 12.5. The number of nitrogens with one attached hydrogen (secondary N) is 2. The van der Waals surface area contributed by atoms with Gasteiger partial charge in [0.2, 0.25) is 5.91 Å². The van der Waals surface area contributed by atoms with E-state index in [0.717, 1.165) is 18.4 Å². The smallest absolute Gasteiger partial charge is 0.308 e. The molecule has 29 heavy (non-hydrogen) atoms. The average molecular weight is 394 g/mol. The number of esters is 1. The van der Waals surface area contributed by atoms with Crippen molar-refractivity contribution in [3.05, 3.63) is 59.7 Å². The van der Waals surface area contributed by atoms with Crippen molar-refractivity contribution in [2.24, 2.45) is 5.92 Å². The van der Waals surface area contributed by atoms with Gasteiger partial charge in [0.25, 0.3) is 5.91 Å². The van der Waals surface area contributed by atoms with Crippen molar-refractivity contribution < 1.29 is 19.1 Å². The zero-order chi connectivity index (χ0) is 20.6. The van der Waals surface area contributed by atoms with Gasteiger partial charge < -0.3 is 15.4 Å². The maximum Gasteiger partial charge on any atom is 0.308 e. The summed E-state index contributed by atoms with van der Waals surface area (Å²) in [5.74, 6) is 0.174. The van der Waals surface area contributed by atoms with Crippen molar-refractivity contribution in [1.29, 1.82) is 0 Å². The Bertz CT molecular complexity index is 888. The lowest BCUT2D eigenvalue weighted by Crippen LogP contribution is -2.24. The van der Waals surface area contributed by atoms with E-state index < -0.39 is 5.97 Å². The molecule has 0 aliphatic heterocycles. The van der Waals surface area contributed by atoms with E-state index in [1.165, 1.54) is 25.8 Å². The first-order valence-corrected chi connectivity index (χ1v) is 9.95. The molecular formula is C23H26N2O4. The van der Waals surface area contributed by atoms with Crippen molar-refractivity contribution >= 4 is 23.5 Å². The van der Waals surface area contributed by atoms with Gasteiger partial charge in [-0.2, -0.15) is 0 Å². The summed E-state index contributed by atoms with van der Waals surface area (Å²) in [7, 11) is 0. The van der Waals surface area contributed by atoms with Gasteiger partial charge in [-0.25, -0.2) is 0 Å². The Balaban J connectivity index is 1.55. The third-order valence-corrected chi connectivity index (χ3v) is 4.98. The number of carbonyl (C=O) groups excluding carboxylic acids is 3. The van der Waals surface area contributed by atoms with E-state index in [9.17, 15) is 14.4 Å². The fourth-order valence-electron chi connectivity index (χ4n) is 3.58. The third-order valence-electron chi connectivity index (χ3n) is 4.98. The predicted octanol–water partition coefficient (Wildman–Crippen LogP) is 4.06. The second-order valence-corrected chi connectivity index (χ2v) is 7.41. The van der Waals surface area contributed by atoms with Crippen LogP contribution in [0.25, 0.3) is 0 Å². The standard InChI is InChI=1S/C23H26N2O4/c1-16(26)29-21-11-5-9-19(14-21)23(28)25-20-10-4-8-18(12-20)15-24-22(27)13-17-6-2-3-7-17/h4-5,8-12,14,17H,2-3,6-7,13,15H2,1H3,(H,24,27)(H,25,28). The highest BCUT2D eigenvalue weighted by Crippen LogP contribution is 2.27. The molecule has 0 heterocycles. The molecule has 0 radical (unpaired) electrons. The fourth-order valence-corrected chi connectivity index (χ4v) is 3.58. The Morgan fingerprint density at radius 1 is 1.03 bits per heavy atom. The largest absolute Gasteiger partial charge is 0.427 e. The first-order chi connectivity index (χ1) is 14.0. The highest BCUT2D eigenvalue weighted by molar-refractivity contribution is 6.04. The number of ether oxygens (including phenoxy) is 1. The Morgan fingerprint density at radius 2 is 1.79 bits per heavy atom. The van der Waals surface area contributed by atoms with Crippen LogP contribution in [0.15, 0.2) is 48.5 Å². The van der Waals surface area contributed by atoms with Crippen LogP contribution >= 0.6 is 0 Å². The molecule has 0 spiro atoms. The van der Waals surface area contributed by atoms with Crippen LogP contribution in [0.4, 0.5) is 5.69 Å². The van der Waals surface area contributed by atoms with Gasteiger partial charge in [0, 0.05) is 31.1 Å². The van der Waals surface area contributed by atoms with Gasteiger partial charge in [-0.1, -0.05) is 31.0 Å². The molecule has 2 aromatic rings. The van der Waals surface area contributed by atoms with Crippen LogP contribution in [0.2, 0.25) is 0 Å². The quantitative estimate of drug-likeness (QED) is 0.548. The molecule has 6 nitrogen and oxygen atoms in total. The number of hydrogen-bond donors (Lipinski definition) is 2. The van der Waals surface area contributed by atoms with Crippen LogP contribution in [-0.2, 0) is 16.1 Å². The van der Waals surface area contributed by atoms with Gasteiger partial charge >= 0.3 is 5.97 Å². The average Bonchev–Trinajstić information content (AvgIpc) is 3.19. The molecule has 0 atom stereocenters. The van der Waals surface area contributed by atoms with Gasteiger partial charge in [0.15, 0.2) is 0 Å². The van der Waals surface area contributed by atoms with Gasteiger partial charge in [-0.15, -0.1) is 0 Å². The normalized spacial score (nSPS) is 13.7. The highest BCUT2D eigenvalue weighted by Gasteiger charge is 2.18. The third kappa shape index (κ3) is 6.45. The number of amides is 2. The lowest BCUT2D eigenvalue weighted by atomic mass is 10.0. The molecular weight excluding hydrogens is 368 g/mol.